The third kappa shape index (κ3) is 3.38. The zero-order chi connectivity index (χ0) is 14.5. The van der Waals surface area contributed by atoms with Gasteiger partial charge in [-0.05, 0) is 31.7 Å². The molecule has 1 aliphatic heterocycles. The summed E-state index contributed by atoms with van der Waals surface area (Å²) < 4.78 is 0. The quantitative estimate of drug-likeness (QED) is 0.765. The molecule has 1 amide bonds. The van der Waals surface area contributed by atoms with Crippen LogP contribution in [0.1, 0.15) is 21.5 Å². The molecule has 4 nitrogen and oxygen atoms in total. The van der Waals surface area contributed by atoms with Crippen LogP contribution in [0, 0.1) is 18.8 Å². The second-order valence-corrected chi connectivity index (χ2v) is 5.13. The normalized spacial score (nSPS) is 15.7. The Hall–Kier alpha value is -1.83. The van der Waals surface area contributed by atoms with Gasteiger partial charge in [0.2, 0.25) is 0 Å². The first-order valence-electron chi connectivity index (χ1n) is 6.89. The maximum absolute atomic E-state index is 12.5. The summed E-state index contributed by atoms with van der Waals surface area (Å²) in [4.78, 5) is 16.6. The average Bonchev–Trinajstić information content (AvgIpc) is 2.46. The smallest absolute Gasteiger partial charge is 0.253 e. The van der Waals surface area contributed by atoms with Crippen molar-refractivity contribution in [1.29, 1.82) is 0 Å². The van der Waals surface area contributed by atoms with Gasteiger partial charge >= 0.3 is 0 Å². The van der Waals surface area contributed by atoms with Crippen molar-refractivity contribution in [1.82, 2.24) is 9.80 Å². The molecule has 0 aliphatic carbocycles. The van der Waals surface area contributed by atoms with Crippen LogP contribution in [-0.4, -0.2) is 55.5 Å². The molecule has 20 heavy (non-hydrogen) atoms. The second kappa shape index (κ2) is 6.56. The number of carbonyl (C=O) groups is 1. The predicted octanol–water partition coefficient (Wildman–Crippen LogP) is 0.693. The Morgan fingerprint density at radius 3 is 2.65 bits per heavy atom. The van der Waals surface area contributed by atoms with Crippen LogP contribution in [0.2, 0.25) is 0 Å². The highest BCUT2D eigenvalue weighted by atomic mass is 16.2. The van der Waals surface area contributed by atoms with E-state index in [1.165, 1.54) is 0 Å². The van der Waals surface area contributed by atoms with Crippen LogP contribution in [0.3, 0.4) is 0 Å². The highest BCUT2D eigenvalue weighted by Crippen LogP contribution is 2.13. The van der Waals surface area contributed by atoms with E-state index in [0.29, 0.717) is 12.1 Å². The number of likely N-dealkylation sites (N-methyl/N-ethyl adjacent to an activating group) is 1. The molecule has 1 aromatic rings. The van der Waals surface area contributed by atoms with Crippen molar-refractivity contribution in [3.05, 3.63) is 34.9 Å². The molecule has 1 saturated heterocycles. The zero-order valence-corrected chi connectivity index (χ0v) is 12.1. The monoisotopic (exact) mass is 271 g/mol. The molecule has 0 aromatic heterocycles. The Bertz CT molecular complexity index is 549. The van der Waals surface area contributed by atoms with Crippen molar-refractivity contribution in [2.24, 2.45) is 5.73 Å². The Labute approximate surface area is 120 Å². The zero-order valence-electron chi connectivity index (χ0n) is 12.1. The van der Waals surface area contributed by atoms with E-state index in [0.717, 1.165) is 37.3 Å². The standard InChI is InChI=1S/C16H21N3O/c1-13-5-6-15(12-14(13)4-3-7-17)16(20)19-10-8-18(2)9-11-19/h5-6,12H,7-11,17H2,1-2H3. The van der Waals surface area contributed by atoms with E-state index in [1.807, 2.05) is 30.0 Å². The number of rotatable bonds is 1. The first-order chi connectivity index (χ1) is 9.61. The van der Waals surface area contributed by atoms with Crippen LogP contribution in [0.25, 0.3) is 0 Å². The second-order valence-electron chi connectivity index (χ2n) is 5.13. The first-order valence-corrected chi connectivity index (χ1v) is 6.89. The van der Waals surface area contributed by atoms with Gasteiger partial charge in [0.1, 0.15) is 0 Å². The molecule has 0 radical (unpaired) electrons. The molecule has 0 spiro atoms. The lowest BCUT2D eigenvalue weighted by atomic mass is 10.0. The minimum absolute atomic E-state index is 0.0916. The van der Waals surface area contributed by atoms with Crippen molar-refractivity contribution >= 4 is 5.91 Å². The van der Waals surface area contributed by atoms with Gasteiger partial charge in [-0.2, -0.15) is 0 Å². The number of amides is 1. The van der Waals surface area contributed by atoms with Gasteiger partial charge in [-0.15, -0.1) is 0 Å². The third-order valence-corrected chi connectivity index (χ3v) is 3.60. The summed E-state index contributed by atoms with van der Waals surface area (Å²) in [6.45, 7) is 5.75. The summed E-state index contributed by atoms with van der Waals surface area (Å²) in [5.74, 6) is 5.96. The summed E-state index contributed by atoms with van der Waals surface area (Å²) >= 11 is 0. The highest BCUT2D eigenvalue weighted by Gasteiger charge is 2.20. The summed E-state index contributed by atoms with van der Waals surface area (Å²) in [5, 5.41) is 0. The molecule has 1 fully saturated rings. The summed E-state index contributed by atoms with van der Waals surface area (Å²) in [5.41, 5.74) is 8.07. The number of piperazine rings is 1. The van der Waals surface area contributed by atoms with Gasteiger partial charge in [0.25, 0.3) is 5.91 Å². The maximum Gasteiger partial charge on any atom is 0.253 e. The van der Waals surface area contributed by atoms with Gasteiger partial charge < -0.3 is 15.5 Å². The van der Waals surface area contributed by atoms with E-state index in [-0.39, 0.29) is 5.91 Å². The number of nitrogens with two attached hydrogens (primary N) is 1. The van der Waals surface area contributed by atoms with E-state index < -0.39 is 0 Å². The van der Waals surface area contributed by atoms with Crippen molar-refractivity contribution in [3.63, 3.8) is 0 Å². The van der Waals surface area contributed by atoms with E-state index in [9.17, 15) is 4.79 Å². The summed E-state index contributed by atoms with van der Waals surface area (Å²) in [6.07, 6.45) is 0. The SMILES string of the molecule is Cc1ccc(C(=O)N2CCN(C)CC2)cc1C#CCN. The average molecular weight is 271 g/mol. The van der Waals surface area contributed by atoms with Crippen molar-refractivity contribution in [2.75, 3.05) is 39.8 Å². The Balaban J connectivity index is 2.18. The van der Waals surface area contributed by atoms with Gasteiger partial charge in [-0.1, -0.05) is 17.9 Å². The minimum Gasteiger partial charge on any atom is -0.336 e. The maximum atomic E-state index is 12.5. The first kappa shape index (κ1) is 14.6. The molecule has 2 N–H and O–H groups in total. The molecule has 1 aromatic carbocycles. The van der Waals surface area contributed by atoms with Gasteiger partial charge in [0, 0.05) is 37.3 Å². The number of hydrogen-bond donors (Lipinski definition) is 1. The van der Waals surface area contributed by atoms with Crippen molar-refractivity contribution in [3.8, 4) is 11.8 Å². The molecule has 0 saturated carbocycles. The van der Waals surface area contributed by atoms with Crippen LogP contribution in [0.5, 0.6) is 0 Å². The van der Waals surface area contributed by atoms with E-state index in [4.69, 9.17) is 5.73 Å². The van der Waals surface area contributed by atoms with Crippen molar-refractivity contribution in [2.45, 2.75) is 6.92 Å². The summed E-state index contributed by atoms with van der Waals surface area (Å²) in [7, 11) is 2.08. The number of hydrogen-bond acceptors (Lipinski definition) is 3. The van der Waals surface area contributed by atoms with Crippen molar-refractivity contribution < 1.29 is 4.79 Å². The lowest BCUT2D eigenvalue weighted by Crippen LogP contribution is -2.47. The molecule has 1 heterocycles. The molecule has 0 bridgehead atoms. The number of carbonyl (C=O) groups excluding carboxylic acids is 1. The molecule has 106 valence electrons. The fourth-order valence-electron chi connectivity index (χ4n) is 2.23. The van der Waals surface area contributed by atoms with E-state index in [1.54, 1.807) is 0 Å². The third-order valence-electron chi connectivity index (χ3n) is 3.60. The lowest BCUT2D eigenvalue weighted by Gasteiger charge is -2.32. The van der Waals surface area contributed by atoms with Crippen LogP contribution in [-0.2, 0) is 0 Å². The van der Waals surface area contributed by atoms with Crippen LogP contribution < -0.4 is 5.73 Å². The molecule has 0 unspecified atom stereocenters. The Morgan fingerprint density at radius 2 is 2.00 bits per heavy atom. The van der Waals surface area contributed by atoms with Gasteiger partial charge in [0.15, 0.2) is 0 Å². The molecule has 2 rings (SSSR count). The van der Waals surface area contributed by atoms with Gasteiger partial charge in [0.05, 0.1) is 6.54 Å². The van der Waals surface area contributed by atoms with Gasteiger partial charge in [-0.3, -0.25) is 4.79 Å². The number of aryl methyl sites for hydroxylation is 1. The fraction of sp³-hybridized carbons (Fsp3) is 0.438. The van der Waals surface area contributed by atoms with Gasteiger partial charge in [-0.25, -0.2) is 0 Å². The lowest BCUT2D eigenvalue weighted by molar-refractivity contribution is 0.0664. The number of nitrogens with zero attached hydrogens (tertiary/aromatic N) is 2. The van der Waals surface area contributed by atoms with E-state index >= 15 is 0 Å². The highest BCUT2D eigenvalue weighted by molar-refractivity contribution is 5.94. The molecular formula is C16H21N3O. The minimum atomic E-state index is 0.0916. The fourth-order valence-corrected chi connectivity index (χ4v) is 2.23. The van der Waals surface area contributed by atoms with Crippen LogP contribution in [0.4, 0.5) is 0 Å². The van der Waals surface area contributed by atoms with Crippen LogP contribution in [0.15, 0.2) is 18.2 Å². The molecule has 4 heteroatoms. The van der Waals surface area contributed by atoms with E-state index in [2.05, 4.69) is 23.8 Å². The molecule has 1 aliphatic rings. The molecule has 0 atom stereocenters. The Kier molecular flexibility index (Phi) is 4.78. The topological polar surface area (TPSA) is 49.6 Å². The Morgan fingerprint density at radius 1 is 1.30 bits per heavy atom. The molecular weight excluding hydrogens is 250 g/mol. The largest absolute Gasteiger partial charge is 0.336 e. The summed E-state index contributed by atoms with van der Waals surface area (Å²) in [6, 6.07) is 5.70. The number of benzene rings is 1. The van der Waals surface area contributed by atoms with Crippen LogP contribution >= 0.6 is 0 Å². The predicted molar refractivity (Wildman–Crippen MR) is 80.5 cm³/mol.